The Morgan fingerprint density at radius 2 is 1.85 bits per heavy atom. The Hall–Kier alpha value is 0.300. The second-order valence-electron chi connectivity index (χ2n) is 2.93. The van der Waals surface area contributed by atoms with Crippen molar-refractivity contribution >= 4 is 34.4 Å². The molecule has 0 aromatic heterocycles. The van der Waals surface area contributed by atoms with Gasteiger partial charge in [0.25, 0.3) is 0 Å². The quantitative estimate of drug-likeness (QED) is 0.432. The van der Waals surface area contributed by atoms with Gasteiger partial charge < -0.3 is 0 Å². The Kier molecular flexibility index (Phi) is 6.72. The van der Waals surface area contributed by atoms with Crippen LogP contribution in [-0.4, -0.2) is 10.2 Å². The van der Waals surface area contributed by atoms with Crippen LogP contribution >= 0.6 is 34.4 Å². The van der Waals surface area contributed by atoms with Gasteiger partial charge in [0.05, 0.1) is 0 Å². The minimum absolute atomic E-state index is 1.17. The highest BCUT2D eigenvalue weighted by Gasteiger charge is 1.91. The van der Waals surface area contributed by atoms with Crippen LogP contribution in [0.3, 0.4) is 0 Å². The fraction of sp³-hybridized carbons (Fsp3) is 0.455. The first-order valence-electron chi connectivity index (χ1n) is 4.61. The molecule has 1 aromatic carbocycles. The van der Waals surface area contributed by atoms with Gasteiger partial charge in [0.1, 0.15) is 0 Å². The summed E-state index contributed by atoms with van der Waals surface area (Å²) in [5, 5.41) is 0. The molecule has 1 rings (SSSR count). The van der Waals surface area contributed by atoms with Crippen LogP contribution in [0, 0.1) is 0 Å². The summed E-state index contributed by atoms with van der Waals surface area (Å²) in [5.74, 6) is 2.47. The van der Waals surface area contributed by atoms with Crippen LogP contribution in [0.5, 0.6) is 0 Å². The predicted molar refractivity (Wildman–Crippen MR) is 70.7 cm³/mol. The van der Waals surface area contributed by atoms with Crippen molar-refractivity contribution in [2.24, 2.45) is 0 Å². The monoisotopic (exact) mass is 306 g/mol. The average Bonchev–Trinajstić information content (AvgIpc) is 2.19. The second kappa shape index (κ2) is 7.68. The number of thioether (sulfide) groups is 1. The van der Waals surface area contributed by atoms with Gasteiger partial charge in [-0.15, -0.1) is 0 Å². The summed E-state index contributed by atoms with van der Waals surface area (Å²) in [6.07, 6.45) is 2.72. The molecule has 0 N–H and O–H groups in total. The molecule has 2 heteroatoms. The molecule has 0 bridgehead atoms. The van der Waals surface area contributed by atoms with E-state index in [1.165, 1.54) is 34.3 Å². The van der Waals surface area contributed by atoms with Crippen molar-refractivity contribution in [1.29, 1.82) is 0 Å². The number of unbranched alkanes of at least 4 members (excludes halogenated alkanes) is 1. The van der Waals surface area contributed by atoms with Gasteiger partial charge in [0.2, 0.25) is 0 Å². The van der Waals surface area contributed by atoms with Crippen LogP contribution in [0.15, 0.2) is 30.3 Å². The zero-order valence-corrected chi connectivity index (χ0v) is 10.7. The fourth-order valence-electron chi connectivity index (χ4n) is 1.06. The van der Waals surface area contributed by atoms with Gasteiger partial charge in [-0.3, -0.25) is 0 Å². The molecule has 0 spiro atoms. The molecular weight excluding hydrogens is 291 g/mol. The maximum atomic E-state index is 2.44. The van der Waals surface area contributed by atoms with E-state index in [0.29, 0.717) is 0 Å². The summed E-state index contributed by atoms with van der Waals surface area (Å²) in [6.45, 7) is 0. The van der Waals surface area contributed by atoms with Crippen molar-refractivity contribution in [3.8, 4) is 0 Å². The van der Waals surface area contributed by atoms with Gasteiger partial charge in [-0.1, -0.05) is 52.9 Å². The van der Waals surface area contributed by atoms with Crippen molar-refractivity contribution in [2.75, 3.05) is 10.2 Å². The van der Waals surface area contributed by atoms with Crippen LogP contribution in [0.4, 0.5) is 0 Å². The van der Waals surface area contributed by atoms with Crippen molar-refractivity contribution in [1.82, 2.24) is 0 Å². The lowest BCUT2D eigenvalue weighted by Crippen LogP contribution is -1.84. The molecule has 0 radical (unpaired) electrons. The van der Waals surface area contributed by atoms with E-state index in [9.17, 15) is 0 Å². The molecule has 0 nitrogen and oxygen atoms in total. The van der Waals surface area contributed by atoms with E-state index in [1.807, 2.05) is 11.8 Å². The first-order valence-corrected chi connectivity index (χ1v) is 7.29. The third-order valence-corrected chi connectivity index (χ3v) is 3.66. The van der Waals surface area contributed by atoms with Gasteiger partial charge in [-0.25, -0.2) is 0 Å². The third-order valence-electron chi connectivity index (χ3n) is 1.78. The normalized spacial score (nSPS) is 10.2. The number of rotatable bonds is 6. The molecule has 0 saturated heterocycles. The molecule has 0 aliphatic heterocycles. The first-order chi connectivity index (χ1) is 6.43. The van der Waals surface area contributed by atoms with E-state index in [0.717, 1.165) is 0 Å². The predicted octanol–water partition coefficient (Wildman–Crippen LogP) is 4.14. The number of benzene rings is 1. The topological polar surface area (TPSA) is 0 Å². The SMILES string of the molecule is ICCCCSCc1ccccc1. The molecule has 72 valence electrons. The van der Waals surface area contributed by atoms with Gasteiger partial charge in [0, 0.05) is 5.75 Å². The molecule has 1 aromatic rings. The minimum Gasteiger partial charge on any atom is -0.157 e. The summed E-state index contributed by atoms with van der Waals surface area (Å²) >= 11 is 4.48. The van der Waals surface area contributed by atoms with Crippen molar-refractivity contribution in [2.45, 2.75) is 18.6 Å². The van der Waals surface area contributed by atoms with Gasteiger partial charge in [-0.05, 0) is 28.6 Å². The number of halogens is 1. The Balaban J connectivity index is 2.07. The van der Waals surface area contributed by atoms with Gasteiger partial charge in [0.15, 0.2) is 0 Å². The lowest BCUT2D eigenvalue weighted by Gasteiger charge is -2.00. The highest BCUT2D eigenvalue weighted by atomic mass is 127. The lowest BCUT2D eigenvalue weighted by molar-refractivity contribution is 0.918. The summed E-state index contributed by atoms with van der Waals surface area (Å²) in [6, 6.07) is 10.7. The van der Waals surface area contributed by atoms with E-state index in [2.05, 4.69) is 52.9 Å². The van der Waals surface area contributed by atoms with Crippen LogP contribution < -0.4 is 0 Å². The molecule has 0 aliphatic rings. The molecule has 0 heterocycles. The fourth-order valence-corrected chi connectivity index (χ4v) is 2.58. The van der Waals surface area contributed by atoms with Gasteiger partial charge in [-0.2, -0.15) is 11.8 Å². The van der Waals surface area contributed by atoms with E-state index < -0.39 is 0 Å². The van der Waals surface area contributed by atoms with Crippen LogP contribution in [0.1, 0.15) is 18.4 Å². The standard InChI is InChI=1S/C11H15IS/c12-8-4-5-9-13-10-11-6-2-1-3-7-11/h1-3,6-7H,4-5,8-10H2. The molecule has 0 fully saturated rings. The number of alkyl halides is 1. The summed E-state index contributed by atoms with van der Waals surface area (Å²) in [5.41, 5.74) is 1.45. The Morgan fingerprint density at radius 3 is 2.54 bits per heavy atom. The maximum absolute atomic E-state index is 2.44. The summed E-state index contributed by atoms with van der Waals surface area (Å²) in [4.78, 5) is 0. The first kappa shape index (κ1) is 11.4. The van der Waals surface area contributed by atoms with E-state index in [1.54, 1.807) is 0 Å². The van der Waals surface area contributed by atoms with E-state index in [4.69, 9.17) is 0 Å². The minimum atomic E-state index is 1.17. The van der Waals surface area contributed by atoms with Gasteiger partial charge >= 0.3 is 0 Å². The molecule has 0 saturated carbocycles. The molecule has 0 amide bonds. The summed E-state index contributed by atoms with van der Waals surface area (Å²) < 4.78 is 1.30. The molecule has 0 atom stereocenters. The van der Waals surface area contributed by atoms with Crippen molar-refractivity contribution < 1.29 is 0 Å². The lowest BCUT2D eigenvalue weighted by atomic mass is 10.2. The largest absolute Gasteiger partial charge is 0.157 e. The third kappa shape index (κ3) is 5.57. The molecular formula is C11H15IS. The zero-order valence-electron chi connectivity index (χ0n) is 7.71. The molecule has 0 aliphatic carbocycles. The number of hydrogen-bond acceptors (Lipinski definition) is 1. The van der Waals surface area contributed by atoms with Crippen LogP contribution in [0.25, 0.3) is 0 Å². The highest BCUT2D eigenvalue weighted by Crippen LogP contribution is 2.13. The highest BCUT2D eigenvalue weighted by molar-refractivity contribution is 14.1. The van der Waals surface area contributed by atoms with Crippen molar-refractivity contribution in [3.05, 3.63) is 35.9 Å². The van der Waals surface area contributed by atoms with Crippen molar-refractivity contribution in [3.63, 3.8) is 0 Å². The smallest absolute Gasteiger partial charge is 0.0184 e. The van der Waals surface area contributed by atoms with Crippen LogP contribution in [0.2, 0.25) is 0 Å². The maximum Gasteiger partial charge on any atom is 0.0184 e. The summed E-state index contributed by atoms with van der Waals surface area (Å²) in [7, 11) is 0. The average molecular weight is 306 g/mol. The second-order valence-corrected chi connectivity index (χ2v) is 5.12. The van der Waals surface area contributed by atoms with Crippen LogP contribution in [-0.2, 0) is 5.75 Å². The van der Waals surface area contributed by atoms with E-state index in [-0.39, 0.29) is 0 Å². The number of hydrogen-bond donors (Lipinski definition) is 0. The van der Waals surface area contributed by atoms with E-state index >= 15 is 0 Å². The Labute approximate surface area is 98.6 Å². The Bertz CT molecular complexity index is 211. The molecule has 0 unspecified atom stereocenters. The Morgan fingerprint density at radius 1 is 1.08 bits per heavy atom. The molecule has 13 heavy (non-hydrogen) atoms. The zero-order chi connectivity index (χ0) is 9.36.